The number of anilines is 1. The molecule has 0 spiro atoms. The van der Waals surface area contributed by atoms with Crippen LogP contribution in [0.15, 0.2) is 24.3 Å². The number of para-hydroxylation sites is 2. The highest BCUT2D eigenvalue weighted by Gasteiger charge is 2.19. The highest BCUT2D eigenvalue weighted by molar-refractivity contribution is 5.59. The Bertz CT molecular complexity index is 286. The van der Waals surface area contributed by atoms with Crippen molar-refractivity contribution in [3.8, 4) is 5.75 Å². The highest BCUT2D eigenvalue weighted by Crippen LogP contribution is 2.31. The first-order valence-corrected chi connectivity index (χ1v) is 7.23. The summed E-state index contributed by atoms with van der Waals surface area (Å²) in [5.41, 5.74) is 1.19. The first kappa shape index (κ1) is 19.2. The van der Waals surface area contributed by atoms with Crippen LogP contribution >= 0.6 is 0 Å². The van der Waals surface area contributed by atoms with E-state index in [-0.39, 0.29) is 0 Å². The lowest BCUT2D eigenvalue weighted by molar-refractivity contribution is 0.275. The molecule has 2 heteroatoms. The Hall–Kier alpha value is -1.18. The third-order valence-electron chi connectivity index (χ3n) is 2.39. The molecular weight excluding hydrogens is 222 g/mol. The van der Waals surface area contributed by atoms with Crippen molar-refractivity contribution < 1.29 is 4.74 Å². The van der Waals surface area contributed by atoms with Gasteiger partial charge < -0.3 is 9.64 Å². The Morgan fingerprint density at radius 3 is 2.06 bits per heavy atom. The monoisotopic (exact) mass is 253 g/mol. The Balaban J connectivity index is 0. The second-order valence-corrected chi connectivity index (χ2v) is 3.24. The first-order chi connectivity index (χ1) is 8.79. The minimum atomic E-state index is 0.472. The van der Waals surface area contributed by atoms with Gasteiger partial charge >= 0.3 is 0 Å². The van der Waals surface area contributed by atoms with E-state index in [2.05, 4.69) is 24.9 Å². The lowest BCUT2D eigenvalue weighted by atomic mass is 10.2. The number of ether oxygens (including phenoxy) is 1. The molecule has 1 heterocycles. The minimum absolute atomic E-state index is 0.472. The molecule has 0 aliphatic carbocycles. The number of fused-ring (bicyclic) bond motifs is 1. The van der Waals surface area contributed by atoms with E-state index in [4.69, 9.17) is 4.74 Å². The minimum Gasteiger partial charge on any atom is -0.489 e. The van der Waals surface area contributed by atoms with Crippen molar-refractivity contribution in [1.29, 1.82) is 0 Å². The third kappa shape index (κ3) is 5.44. The number of benzene rings is 1. The molecule has 2 rings (SSSR count). The van der Waals surface area contributed by atoms with E-state index in [1.54, 1.807) is 0 Å². The van der Waals surface area contributed by atoms with E-state index in [1.165, 1.54) is 5.69 Å². The van der Waals surface area contributed by atoms with E-state index >= 15 is 0 Å². The Kier molecular flexibility index (Phi) is 13.1. The summed E-state index contributed by atoms with van der Waals surface area (Å²) in [6.45, 7) is 14.9. The van der Waals surface area contributed by atoms with E-state index in [9.17, 15) is 0 Å². The molecule has 0 amide bonds. The molecule has 0 radical (unpaired) electrons. The average molecular weight is 253 g/mol. The van der Waals surface area contributed by atoms with Gasteiger partial charge in [0.25, 0.3) is 0 Å². The van der Waals surface area contributed by atoms with Crippen molar-refractivity contribution in [2.75, 3.05) is 18.6 Å². The number of nitrogens with zero attached hydrogens (tertiary/aromatic N) is 1. The summed E-state index contributed by atoms with van der Waals surface area (Å²) in [6, 6.07) is 8.61. The van der Waals surface area contributed by atoms with Crippen LogP contribution in [0.25, 0.3) is 0 Å². The molecule has 106 valence electrons. The van der Waals surface area contributed by atoms with Crippen LogP contribution in [0.1, 0.15) is 48.5 Å². The molecule has 18 heavy (non-hydrogen) atoms. The molecule has 0 fully saturated rings. The van der Waals surface area contributed by atoms with Gasteiger partial charge in [0.2, 0.25) is 0 Å². The van der Waals surface area contributed by atoms with Crippen molar-refractivity contribution >= 4 is 5.69 Å². The molecule has 1 aliphatic heterocycles. The van der Waals surface area contributed by atoms with Crippen LogP contribution in [0.2, 0.25) is 0 Å². The fraction of sp³-hybridized carbons (Fsp3) is 0.625. The summed E-state index contributed by atoms with van der Waals surface area (Å²) in [4.78, 5) is 2.25. The SMILES string of the molecule is CC.CC.CC.CC1COc2ccccc2N1C. The van der Waals surface area contributed by atoms with E-state index in [1.807, 2.05) is 59.7 Å². The standard InChI is InChI=1S/C10H13NO.3C2H6/c1-8-7-12-10-6-4-3-5-9(10)11(8)2;3*1-2/h3-6,8H,7H2,1-2H3;3*1-2H3. The predicted molar refractivity (Wildman–Crippen MR) is 83.8 cm³/mol. The van der Waals surface area contributed by atoms with Crippen LogP contribution < -0.4 is 9.64 Å². The fourth-order valence-electron chi connectivity index (χ4n) is 1.43. The average Bonchev–Trinajstić information content (AvgIpc) is 2.49. The first-order valence-electron chi connectivity index (χ1n) is 7.23. The van der Waals surface area contributed by atoms with Gasteiger partial charge in [-0.3, -0.25) is 0 Å². The second-order valence-electron chi connectivity index (χ2n) is 3.24. The van der Waals surface area contributed by atoms with Gasteiger partial charge in [-0.05, 0) is 19.1 Å². The number of likely N-dealkylation sites (N-methyl/N-ethyl adjacent to an activating group) is 1. The maximum atomic E-state index is 5.56. The number of hydrogen-bond acceptors (Lipinski definition) is 2. The summed E-state index contributed by atoms with van der Waals surface area (Å²) in [6.07, 6.45) is 0. The van der Waals surface area contributed by atoms with E-state index in [0.29, 0.717) is 6.04 Å². The molecule has 0 bridgehead atoms. The zero-order valence-electron chi connectivity index (χ0n) is 13.4. The van der Waals surface area contributed by atoms with Crippen LogP contribution in [0, 0.1) is 0 Å². The topological polar surface area (TPSA) is 12.5 Å². The second kappa shape index (κ2) is 12.3. The maximum absolute atomic E-state index is 5.56. The largest absolute Gasteiger partial charge is 0.489 e. The van der Waals surface area contributed by atoms with E-state index < -0.39 is 0 Å². The summed E-state index contributed by atoms with van der Waals surface area (Å²) >= 11 is 0. The van der Waals surface area contributed by atoms with Gasteiger partial charge in [0.05, 0.1) is 11.7 Å². The van der Waals surface area contributed by atoms with Gasteiger partial charge in [-0.15, -0.1) is 0 Å². The maximum Gasteiger partial charge on any atom is 0.142 e. The molecule has 1 unspecified atom stereocenters. The zero-order valence-corrected chi connectivity index (χ0v) is 13.4. The molecule has 0 aromatic heterocycles. The van der Waals surface area contributed by atoms with Crippen molar-refractivity contribution in [3.63, 3.8) is 0 Å². The molecule has 1 aromatic carbocycles. The Morgan fingerprint density at radius 2 is 1.50 bits per heavy atom. The van der Waals surface area contributed by atoms with Crippen LogP contribution in [-0.4, -0.2) is 19.7 Å². The van der Waals surface area contributed by atoms with Gasteiger partial charge in [-0.1, -0.05) is 53.7 Å². The summed E-state index contributed by atoms with van der Waals surface area (Å²) < 4.78 is 5.56. The molecule has 0 N–H and O–H groups in total. The molecule has 0 saturated heterocycles. The summed E-state index contributed by atoms with van der Waals surface area (Å²) in [5, 5.41) is 0. The smallest absolute Gasteiger partial charge is 0.142 e. The van der Waals surface area contributed by atoms with Gasteiger partial charge in [-0.2, -0.15) is 0 Å². The fourth-order valence-corrected chi connectivity index (χ4v) is 1.43. The molecule has 0 saturated carbocycles. The normalized spacial score (nSPS) is 15.3. The van der Waals surface area contributed by atoms with Crippen molar-refractivity contribution in [2.24, 2.45) is 0 Å². The van der Waals surface area contributed by atoms with Crippen LogP contribution in [0.3, 0.4) is 0 Å². The molecule has 1 atom stereocenters. The Morgan fingerprint density at radius 1 is 1.00 bits per heavy atom. The van der Waals surface area contributed by atoms with Gasteiger partial charge in [0, 0.05) is 7.05 Å². The van der Waals surface area contributed by atoms with Crippen molar-refractivity contribution in [2.45, 2.75) is 54.5 Å². The summed E-state index contributed by atoms with van der Waals surface area (Å²) in [5.74, 6) is 0.998. The lowest BCUT2D eigenvalue weighted by Crippen LogP contribution is -2.37. The summed E-state index contributed by atoms with van der Waals surface area (Å²) in [7, 11) is 2.10. The molecular formula is C16H31NO. The molecule has 1 aliphatic rings. The van der Waals surface area contributed by atoms with Crippen molar-refractivity contribution in [1.82, 2.24) is 0 Å². The molecule has 2 nitrogen and oxygen atoms in total. The third-order valence-corrected chi connectivity index (χ3v) is 2.39. The van der Waals surface area contributed by atoms with Gasteiger partial charge in [-0.25, -0.2) is 0 Å². The van der Waals surface area contributed by atoms with E-state index in [0.717, 1.165) is 12.4 Å². The van der Waals surface area contributed by atoms with Crippen molar-refractivity contribution in [3.05, 3.63) is 24.3 Å². The predicted octanol–water partition coefficient (Wildman–Crippen LogP) is 4.98. The van der Waals surface area contributed by atoms with Crippen LogP contribution in [-0.2, 0) is 0 Å². The number of hydrogen-bond donors (Lipinski definition) is 0. The quantitative estimate of drug-likeness (QED) is 0.646. The lowest BCUT2D eigenvalue weighted by Gasteiger charge is -2.33. The van der Waals surface area contributed by atoms with Gasteiger partial charge in [0.15, 0.2) is 0 Å². The van der Waals surface area contributed by atoms with Gasteiger partial charge in [0.1, 0.15) is 12.4 Å². The van der Waals surface area contributed by atoms with Crippen LogP contribution in [0.4, 0.5) is 5.69 Å². The van der Waals surface area contributed by atoms with Crippen LogP contribution in [0.5, 0.6) is 5.75 Å². The highest BCUT2D eigenvalue weighted by atomic mass is 16.5. The Labute approximate surface area is 114 Å². The number of rotatable bonds is 0. The molecule has 1 aromatic rings. The zero-order chi connectivity index (χ0) is 14.6.